The molecule has 0 saturated carbocycles. The zero-order valence-corrected chi connectivity index (χ0v) is 22.7. The van der Waals surface area contributed by atoms with Crippen molar-refractivity contribution < 1.29 is 28.6 Å². The van der Waals surface area contributed by atoms with Crippen LogP contribution in [0.2, 0.25) is 0 Å². The van der Waals surface area contributed by atoms with E-state index in [0.717, 1.165) is 34.1 Å². The van der Waals surface area contributed by atoms with Gasteiger partial charge >= 0.3 is 5.97 Å². The third-order valence-electron chi connectivity index (χ3n) is 6.48. The van der Waals surface area contributed by atoms with Gasteiger partial charge in [0.05, 0.1) is 23.9 Å². The van der Waals surface area contributed by atoms with Gasteiger partial charge in [-0.1, -0.05) is 78.0 Å². The van der Waals surface area contributed by atoms with Gasteiger partial charge in [-0.15, -0.1) is 0 Å². The SMILES string of the molecule is COc1ccc(-c2c(C)noc2-c2cc(C=CC(=O)O)c(OCc3ccccc3)cc2OCc2ccccc2)cc1. The van der Waals surface area contributed by atoms with Gasteiger partial charge < -0.3 is 23.8 Å². The molecule has 5 rings (SSSR count). The second-order valence-corrected chi connectivity index (χ2v) is 9.31. The summed E-state index contributed by atoms with van der Waals surface area (Å²) < 4.78 is 23.8. The highest BCUT2D eigenvalue weighted by Crippen LogP contribution is 2.43. The number of hydrogen-bond acceptors (Lipinski definition) is 6. The molecule has 0 fully saturated rings. The summed E-state index contributed by atoms with van der Waals surface area (Å²) in [5.74, 6) is 1.14. The minimum absolute atomic E-state index is 0.296. The summed E-state index contributed by atoms with van der Waals surface area (Å²) in [7, 11) is 1.62. The largest absolute Gasteiger partial charge is 0.497 e. The Bertz CT molecular complexity index is 1640. The number of hydrogen-bond donors (Lipinski definition) is 1. The summed E-state index contributed by atoms with van der Waals surface area (Å²) in [6.07, 6.45) is 2.58. The number of nitrogens with zero attached hydrogens (tertiary/aromatic N) is 1. The van der Waals surface area contributed by atoms with E-state index in [1.165, 1.54) is 6.08 Å². The standard InChI is InChI=1S/C34H29NO6/c1-23-33(26-13-16-28(38-2)17-14-26)34(41-35-23)29-19-27(15-18-32(36)37)30(39-21-24-9-5-3-6-10-24)20-31(29)40-22-25-11-7-4-8-12-25/h3-20H,21-22H2,1-2H3,(H,36,37). The Morgan fingerprint density at radius 1 is 0.854 bits per heavy atom. The van der Waals surface area contributed by atoms with Crippen molar-refractivity contribution in [2.24, 2.45) is 0 Å². The van der Waals surface area contributed by atoms with Crippen molar-refractivity contribution in [3.8, 4) is 39.7 Å². The van der Waals surface area contributed by atoms with Crippen LogP contribution >= 0.6 is 0 Å². The molecule has 7 heteroatoms. The number of ether oxygens (including phenoxy) is 3. The highest BCUT2D eigenvalue weighted by molar-refractivity contribution is 5.89. The summed E-state index contributed by atoms with van der Waals surface area (Å²) in [4.78, 5) is 11.4. The number of aromatic nitrogens is 1. The van der Waals surface area contributed by atoms with Crippen molar-refractivity contribution >= 4 is 12.0 Å². The Labute approximate surface area is 238 Å². The van der Waals surface area contributed by atoms with Gasteiger partial charge in [0, 0.05) is 17.7 Å². The van der Waals surface area contributed by atoms with Crippen molar-refractivity contribution in [3.63, 3.8) is 0 Å². The molecule has 0 atom stereocenters. The lowest BCUT2D eigenvalue weighted by Crippen LogP contribution is -2.01. The van der Waals surface area contributed by atoms with Gasteiger partial charge in [-0.3, -0.25) is 0 Å². The average molecular weight is 548 g/mol. The Hall–Kier alpha value is -5.30. The normalized spacial score (nSPS) is 11.0. The van der Waals surface area contributed by atoms with Crippen molar-refractivity contribution in [3.05, 3.63) is 126 Å². The Morgan fingerprint density at radius 3 is 2.05 bits per heavy atom. The number of methoxy groups -OCH3 is 1. The maximum absolute atomic E-state index is 11.4. The molecule has 1 heterocycles. The van der Waals surface area contributed by atoms with Crippen molar-refractivity contribution in [1.29, 1.82) is 0 Å². The molecule has 0 aliphatic rings. The smallest absolute Gasteiger partial charge is 0.328 e. The summed E-state index contributed by atoms with van der Waals surface area (Å²) in [6, 6.07) is 30.8. The Morgan fingerprint density at radius 2 is 1.46 bits per heavy atom. The first kappa shape index (κ1) is 27.3. The van der Waals surface area contributed by atoms with Gasteiger partial charge in [-0.2, -0.15) is 0 Å². The van der Waals surface area contributed by atoms with Gasteiger partial charge in [0.2, 0.25) is 0 Å². The fraction of sp³-hybridized carbons (Fsp3) is 0.118. The Kier molecular flexibility index (Phi) is 8.45. The molecular weight excluding hydrogens is 518 g/mol. The average Bonchev–Trinajstić information content (AvgIpc) is 3.39. The molecule has 4 aromatic carbocycles. The number of aliphatic carboxylic acids is 1. The maximum Gasteiger partial charge on any atom is 0.328 e. The first-order chi connectivity index (χ1) is 20.0. The first-order valence-corrected chi connectivity index (χ1v) is 13.1. The molecule has 0 aliphatic carbocycles. The van der Waals surface area contributed by atoms with E-state index < -0.39 is 5.97 Å². The monoisotopic (exact) mass is 547 g/mol. The van der Waals surface area contributed by atoms with E-state index in [0.29, 0.717) is 47.3 Å². The number of carbonyl (C=O) groups is 1. The molecule has 0 amide bonds. The van der Waals surface area contributed by atoms with Crippen LogP contribution in [0.1, 0.15) is 22.4 Å². The number of rotatable bonds is 11. The van der Waals surface area contributed by atoms with Crippen LogP contribution in [-0.2, 0) is 18.0 Å². The fourth-order valence-corrected chi connectivity index (χ4v) is 4.41. The summed E-state index contributed by atoms with van der Waals surface area (Å²) in [5, 5.41) is 13.6. The van der Waals surface area contributed by atoms with Gasteiger partial charge in [0.25, 0.3) is 0 Å². The predicted octanol–water partition coefficient (Wildman–Crippen LogP) is 7.58. The number of carboxylic acids is 1. The molecule has 0 bridgehead atoms. The van der Waals surface area contributed by atoms with E-state index in [4.69, 9.17) is 18.7 Å². The zero-order valence-electron chi connectivity index (χ0n) is 22.7. The van der Waals surface area contributed by atoms with Crippen LogP contribution in [-0.4, -0.2) is 23.3 Å². The summed E-state index contributed by atoms with van der Waals surface area (Å²) in [5.41, 5.74) is 5.52. The molecular formula is C34H29NO6. The molecule has 41 heavy (non-hydrogen) atoms. The van der Waals surface area contributed by atoms with Crippen molar-refractivity contribution in [1.82, 2.24) is 5.16 Å². The topological polar surface area (TPSA) is 91.0 Å². The van der Waals surface area contributed by atoms with Gasteiger partial charge in [-0.25, -0.2) is 4.79 Å². The minimum Gasteiger partial charge on any atom is -0.497 e. The number of carboxylic acid groups (broad SMARTS) is 1. The highest BCUT2D eigenvalue weighted by atomic mass is 16.5. The van der Waals surface area contributed by atoms with E-state index in [1.807, 2.05) is 97.9 Å². The lowest BCUT2D eigenvalue weighted by Gasteiger charge is -2.16. The molecule has 0 unspecified atom stereocenters. The second-order valence-electron chi connectivity index (χ2n) is 9.31. The molecule has 206 valence electrons. The molecule has 7 nitrogen and oxygen atoms in total. The molecule has 0 saturated heterocycles. The lowest BCUT2D eigenvalue weighted by atomic mass is 9.97. The summed E-state index contributed by atoms with van der Waals surface area (Å²) >= 11 is 0. The van der Waals surface area contributed by atoms with Gasteiger partial charge in [-0.05, 0) is 47.9 Å². The lowest BCUT2D eigenvalue weighted by molar-refractivity contribution is -0.131. The van der Waals surface area contributed by atoms with Crippen LogP contribution in [0.15, 0.2) is 108 Å². The van der Waals surface area contributed by atoms with Crippen molar-refractivity contribution in [2.45, 2.75) is 20.1 Å². The first-order valence-electron chi connectivity index (χ1n) is 13.1. The molecule has 0 aliphatic heterocycles. The van der Waals surface area contributed by atoms with E-state index in [-0.39, 0.29) is 0 Å². The quantitative estimate of drug-likeness (QED) is 0.170. The molecule has 1 aromatic heterocycles. The zero-order chi connectivity index (χ0) is 28.6. The number of benzene rings is 4. The highest BCUT2D eigenvalue weighted by Gasteiger charge is 2.23. The van der Waals surface area contributed by atoms with E-state index >= 15 is 0 Å². The molecule has 1 N–H and O–H groups in total. The van der Waals surface area contributed by atoms with Crippen LogP contribution in [0, 0.1) is 6.92 Å². The van der Waals surface area contributed by atoms with Gasteiger partial charge in [0.15, 0.2) is 5.76 Å². The Balaban J connectivity index is 1.62. The van der Waals surface area contributed by atoms with Crippen molar-refractivity contribution in [2.75, 3.05) is 7.11 Å². The van der Waals surface area contributed by atoms with Crippen LogP contribution in [0.4, 0.5) is 0 Å². The molecule has 0 spiro atoms. The summed E-state index contributed by atoms with van der Waals surface area (Å²) in [6.45, 7) is 2.48. The third-order valence-corrected chi connectivity index (χ3v) is 6.48. The van der Waals surface area contributed by atoms with Crippen LogP contribution in [0.5, 0.6) is 17.2 Å². The number of aryl methyl sites for hydroxylation is 1. The second kappa shape index (κ2) is 12.7. The van der Waals surface area contributed by atoms with E-state index in [2.05, 4.69) is 5.16 Å². The van der Waals surface area contributed by atoms with E-state index in [9.17, 15) is 9.90 Å². The van der Waals surface area contributed by atoms with Gasteiger partial charge in [0.1, 0.15) is 30.5 Å². The predicted molar refractivity (Wildman–Crippen MR) is 157 cm³/mol. The third kappa shape index (κ3) is 6.65. The fourth-order valence-electron chi connectivity index (χ4n) is 4.41. The molecule has 0 radical (unpaired) electrons. The van der Waals surface area contributed by atoms with Crippen LogP contribution < -0.4 is 14.2 Å². The minimum atomic E-state index is -1.07. The molecule has 5 aromatic rings. The van der Waals surface area contributed by atoms with Crippen LogP contribution in [0.3, 0.4) is 0 Å². The maximum atomic E-state index is 11.4. The van der Waals surface area contributed by atoms with Crippen LogP contribution in [0.25, 0.3) is 28.5 Å². The van der Waals surface area contributed by atoms with E-state index in [1.54, 1.807) is 13.2 Å².